The van der Waals surface area contributed by atoms with Gasteiger partial charge in [0.15, 0.2) is 0 Å². The molecule has 0 aliphatic carbocycles. The van der Waals surface area contributed by atoms with Crippen LogP contribution in [0.1, 0.15) is 40.4 Å². The van der Waals surface area contributed by atoms with E-state index < -0.39 is 11.7 Å². The zero-order valence-electron chi connectivity index (χ0n) is 16.0. The Bertz CT molecular complexity index is 859. The van der Waals surface area contributed by atoms with Crippen LogP contribution in [0.2, 0.25) is 0 Å². The molecule has 154 valence electrons. The van der Waals surface area contributed by atoms with Crippen molar-refractivity contribution in [1.82, 2.24) is 4.90 Å². The molecule has 2 aliphatic heterocycles. The number of nitrogens with zero attached hydrogens (tertiary/aromatic N) is 2. The minimum absolute atomic E-state index is 0.160. The Morgan fingerprint density at radius 2 is 1.66 bits per heavy atom. The lowest BCUT2D eigenvalue weighted by atomic mass is 10.0. The van der Waals surface area contributed by atoms with Crippen molar-refractivity contribution < 1.29 is 22.7 Å². The van der Waals surface area contributed by atoms with E-state index in [4.69, 9.17) is 4.74 Å². The second kappa shape index (κ2) is 8.06. The number of piperazine rings is 1. The Kier molecular flexibility index (Phi) is 5.50. The third-order valence-corrected chi connectivity index (χ3v) is 5.65. The average molecular weight is 404 g/mol. The summed E-state index contributed by atoms with van der Waals surface area (Å²) >= 11 is 0. The second-order valence-electron chi connectivity index (χ2n) is 7.50. The topological polar surface area (TPSA) is 32.8 Å². The fourth-order valence-electron chi connectivity index (χ4n) is 4.03. The molecule has 0 amide bonds. The van der Waals surface area contributed by atoms with Crippen LogP contribution in [-0.2, 0) is 10.9 Å². The summed E-state index contributed by atoms with van der Waals surface area (Å²) in [5.41, 5.74) is 1.86. The summed E-state index contributed by atoms with van der Waals surface area (Å²) in [6.45, 7) is 4.21. The standard InChI is InChI=1S/C22H23F3N2O2/c23-22(24,25)16-7-9-17(10-8-16)27-14-12-26(13-15-27)11-3-6-20-18-4-1-2-5-19(18)21(28)29-20/h1-2,4-5,7-10,20H,3,6,11-15H2. The largest absolute Gasteiger partial charge is 0.454 e. The smallest absolute Gasteiger partial charge is 0.416 e. The molecule has 29 heavy (non-hydrogen) atoms. The van der Waals surface area contributed by atoms with E-state index in [0.29, 0.717) is 5.56 Å². The Hall–Kier alpha value is -2.54. The molecule has 4 nitrogen and oxygen atoms in total. The van der Waals surface area contributed by atoms with Gasteiger partial charge in [-0.25, -0.2) is 4.79 Å². The van der Waals surface area contributed by atoms with E-state index in [1.54, 1.807) is 18.2 Å². The average Bonchev–Trinajstić information content (AvgIpc) is 3.04. The number of esters is 1. The molecule has 2 heterocycles. The predicted molar refractivity (Wildman–Crippen MR) is 104 cm³/mol. The van der Waals surface area contributed by atoms with Crippen LogP contribution in [0, 0.1) is 0 Å². The first-order valence-electron chi connectivity index (χ1n) is 9.86. The highest BCUT2D eigenvalue weighted by atomic mass is 19.4. The molecule has 0 bridgehead atoms. The zero-order valence-corrected chi connectivity index (χ0v) is 16.0. The van der Waals surface area contributed by atoms with E-state index in [9.17, 15) is 18.0 Å². The number of halogens is 3. The lowest BCUT2D eigenvalue weighted by Crippen LogP contribution is -2.46. The maximum absolute atomic E-state index is 12.7. The molecular formula is C22H23F3N2O2. The van der Waals surface area contributed by atoms with Gasteiger partial charge in [0.1, 0.15) is 6.10 Å². The maximum atomic E-state index is 12.7. The molecule has 0 N–H and O–H groups in total. The number of carbonyl (C=O) groups excluding carboxylic acids is 1. The van der Waals surface area contributed by atoms with Crippen molar-refractivity contribution in [2.75, 3.05) is 37.6 Å². The Morgan fingerprint density at radius 3 is 2.34 bits per heavy atom. The number of rotatable bonds is 5. The highest BCUT2D eigenvalue weighted by Crippen LogP contribution is 2.34. The third kappa shape index (κ3) is 4.40. The van der Waals surface area contributed by atoms with E-state index in [1.807, 2.05) is 18.2 Å². The minimum Gasteiger partial charge on any atom is -0.454 e. The molecule has 0 spiro atoms. The number of alkyl halides is 3. The fourth-order valence-corrected chi connectivity index (χ4v) is 4.03. The highest BCUT2D eigenvalue weighted by molar-refractivity contribution is 5.93. The second-order valence-corrected chi connectivity index (χ2v) is 7.50. The lowest BCUT2D eigenvalue weighted by molar-refractivity contribution is -0.137. The molecule has 1 saturated heterocycles. The molecule has 1 atom stereocenters. The van der Waals surface area contributed by atoms with Gasteiger partial charge >= 0.3 is 12.1 Å². The van der Waals surface area contributed by atoms with Crippen LogP contribution in [0.25, 0.3) is 0 Å². The van der Waals surface area contributed by atoms with E-state index in [2.05, 4.69) is 9.80 Å². The van der Waals surface area contributed by atoms with Crippen LogP contribution >= 0.6 is 0 Å². The van der Waals surface area contributed by atoms with Gasteiger partial charge in [-0.2, -0.15) is 13.2 Å². The van der Waals surface area contributed by atoms with Crippen molar-refractivity contribution in [3.8, 4) is 0 Å². The van der Waals surface area contributed by atoms with Crippen molar-refractivity contribution in [3.05, 3.63) is 65.2 Å². The van der Waals surface area contributed by atoms with Gasteiger partial charge < -0.3 is 9.64 Å². The summed E-state index contributed by atoms with van der Waals surface area (Å²) in [6.07, 6.45) is -2.74. The van der Waals surface area contributed by atoms with Gasteiger partial charge in [0.25, 0.3) is 0 Å². The first-order valence-corrected chi connectivity index (χ1v) is 9.86. The molecule has 2 aromatic rings. The van der Waals surface area contributed by atoms with Crippen LogP contribution in [0.4, 0.5) is 18.9 Å². The summed E-state index contributed by atoms with van der Waals surface area (Å²) in [6, 6.07) is 12.9. The summed E-state index contributed by atoms with van der Waals surface area (Å²) in [7, 11) is 0. The number of ether oxygens (including phenoxy) is 1. The van der Waals surface area contributed by atoms with Crippen LogP contribution in [0.3, 0.4) is 0 Å². The molecule has 0 aromatic heterocycles. The van der Waals surface area contributed by atoms with Crippen molar-refractivity contribution >= 4 is 11.7 Å². The maximum Gasteiger partial charge on any atom is 0.416 e. The Balaban J connectivity index is 1.23. The number of fused-ring (bicyclic) bond motifs is 1. The molecule has 4 rings (SSSR count). The summed E-state index contributed by atoms with van der Waals surface area (Å²) in [5.74, 6) is -0.240. The van der Waals surface area contributed by atoms with Crippen molar-refractivity contribution in [1.29, 1.82) is 0 Å². The first kappa shape index (κ1) is 19.8. The molecule has 2 aliphatic rings. The number of hydrogen-bond donors (Lipinski definition) is 0. The quantitative estimate of drug-likeness (QED) is 0.686. The highest BCUT2D eigenvalue weighted by Gasteiger charge is 2.31. The SMILES string of the molecule is O=C1OC(CCCN2CCN(c3ccc(C(F)(F)F)cc3)CC2)c2ccccc21. The predicted octanol–water partition coefficient (Wildman–Crippen LogP) is 4.52. The zero-order chi connectivity index (χ0) is 20.4. The molecule has 7 heteroatoms. The van der Waals surface area contributed by atoms with Crippen molar-refractivity contribution in [3.63, 3.8) is 0 Å². The van der Waals surface area contributed by atoms with Crippen LogP contribution < -0.4 is 4.90 Å². The lowest BCUT2D eigenvalue weighted by Gasteiger charge is -2.36. The molecule has 1 unspecified atom stereocenters. The molecule has 0 saturated carbocycles. The van der Waals surface area contributed by atoms with Gasteiger partial charge in [-0.3, -0.25) is 4.90 Å². The van der Waals surface area contributed by atoms with Crippen LogP contribution in [0.15, 0.2) is 48.5 Å². The Morgan fingerprint density at radius 1 is 0.966 bits per heavy atom. The molecular weight excluding hydrogens is 381 g/mol. The van der Waals surface area contributed by atoms with E-state index in [-0.39, 0.29) is 12.1 Å². The monoisotopic (exact) mass is 404 g/mol. The van der Waals surface area contributed by atoms with Gasteiger partial charge in [-0.15, -0.1) is 0 Å². The van der Waals surface area contributed by atoms with E-state index in [1.165, 1.54) is 0 Å². The molecule has 1 fully saturated rings. The Labute approximate surface area is 167 Å². The number of carbonyl (C=O) groups is 1. The minimum atomic E-state index is -4.30. The number of cyclic esters (lactones) is 1. The first-order chi connectivity index (χ1) is 13.9. The number of anilines is 1. The van der Waals surface area contributed by atoms with Crippen molar-refractivity contribution in [2.45, 2.75) is 25.1 Å². The normalized spacial score (nSPS) is 19.9. The summed E-state index contributed by atoms with van der Waals surface area (Å²) in [4.78, 5) is 16.4. The van der Waals surface area contributed by atoms with Crippen LogP contribution in [0.5, 0.6) is 0 Å². The van der Waals surface area contributed by atoms with Crippen LogP contribution in [-0.4, -0.2) is 43.6 Å². The van der Waals surface area contributed by atoms with E-state index in [0.717, 1.165) is 68.9 Å². The van der Waals surface area contributed by atoms with Gasteiger partial charge in [0.2, 0.25) is 0 Å². The van der Waals surface area contributed by atoms with Crippen molar-refractivity contribution in [2.24, 2.45) is 0 Å². The summed E-state index contributed by atoms with van der Waals surface area (Å²) in [5, 5.41) is 0. The third-order valence-electron chi connectivity index (χ3n) is 5.65. The molecule has 0 radical (unpaired) electrons. The molecule has 2 aromatic carbocycles. The summed E-state index contributed by atoms with van der Waals surface area (Å²) < 4.78 is 43.6. The van der Waals surface area contributed by atoms with Gasteiger partial charge in [0, 0.05) is 37.4 Å². The number of benzene rings is 2. The van der Waals surface area contributed by atoms with Gasteiger partial charge in [-0.05, 0) is 49.7 Å². The van der Waals surface area contributed by atoms with Gasteiger partial charge in [-0.1, -0.05) is 18.2 Å². The van der Waals surface area contributed by atoms with E-state index >= 15 is 0 Å². The van der Waals surface area contributed by atoms with Gasteiger partial charge in [0.05, 0.1) is 11.1 Å². The number of hydrogen-bond acceptors (Lipinski definition) is 4. The fraction of sp³-hybridized carbons (Fsp3) is 0.409.